The molecule has 0 aliphatic rings. The minimum atomic E-state index is 0.644. The molecule has 0 spiro atoms. The molecule has 0 aromatic heterocycles. The second kappa shape index (κ2) is 7.94. The maximum atomic E-state index is 5.81. The summed E-state index contributed by atoms with van der Waals surface area (Å²) in [7, 11) is 0. The van der Waals surface area contributed by atoms with Gasteiger partial charge in [0.05, 0.1) is 6.61 Å². The number of rotatable bonds is 8. The molecular formula is C16H24O. The van der Waals surface area contributed by atoms with E-state index in [2.05, 4.69) is 20.4 Å². The third-order valence-electron chi connectivity index (χ3n) is 3.11. The Morgan fingerprint density at radius 3 is 2.59 bits per heavy atom. The lowest BCUT2D eigenvalue weighted by atomic mass is 9.92. The minimum Gasteiger partial charge on any atom is -0.493 e. The van der Waals surface area contributed by atoms with Gasteiger partial charge in [-0.3, -0.25) is 0 Å². The highest BCUT2D eigenvalue weighted by molar-refractivity contribution is 5.20. The summed E-state index contributed by atoms with van der Waals surface area (Å²) >= 11 is 0. The number of benzene rings is 1. The quantitative estimate of drug-likeness (QED) is 0.591. The Morgan fingerprint density at radius 1 is 1.29 bits per heavy atom. The maximum absolute atomic E-state index is 5.81. The SMILES string of the molecule is C=CCC(C)CC(CC)COc1ccccc1. The third kappa shape index (κ3) is 5.58. The van der Waals surface area contributed by atoms with Crippen LogP contribution in [0.4, 0.5) is 0 Å². The fourth-order valence-corrected chi connectivity index (χ4v) is 2.03. The van der Waals surface area contributed by atoms with Gasteiger partial charge in [-0.2, -0.15) is 0 Å². The van der Waals surface area contributed by atoms with Crippen LogP contribution in [0.5, 0.6) is 5.75 Å². The summed E-state index contributed by atoms with van der Waals surface area (Å²) in [5.74, 6) is 2.32. The van der Waals surface area contributed by atoms with Crippen LogP contribution < -0.4 is 4.74 Å². The number of para-hydroxylation sites is 1. The summed E-state index contributed by atoms with van der Waals surface area (Å²) < 4.78 is 5.81. The maximum Gasteiger partial charge on any atom is 0.119 e. The molecule has 0 fully saturated rings. The van der Waals surface area contributed by atoms with Gasteiger partial charge in [0.15, 0.2) is 0 Å². The Labute approximate surface area is 106 Å². The molecule has 1 nitrogen and oxygen atoms in total. The summed E-state index contributed by atoms with van der Waals surface area (Å²) in [5, 5.41) is 0. The predicted molar refractivity (Wildman–Crippen MR) is 74.3 cm³/mol. The Balaban J connectivity index is 2.34. The first-order valence-electron chi connectivity index (χ1n) is 6.55. The summed E-state index contributed by atoms with van der Waals surface area (Å²) in [6.07, 6.45) is 5.50. The molecule has 0 bridgehead atoms. The molecule has 2 unspecified atom stereocenters. The highest BCUT2D eigenvalue weighted by Gasteiger charge is 2.11. The summed E-state index contributed by atoms with van der Waals surface area (Å²) in [6, 6.07) is 10.1. The molecule has 0 saturated carbocycles. The van der Waals surface area contributed by atoms with Crippen LogP contribution in [0, 0.1) is 11.8 Å². The van der Waals surface area contributed by atoms with Crippen molar-refractivity contribution in [1.82, 2.24) is 0 Å². The molecule has 0 aliphatic carbocycles. The number of hydrogen-bond donors (Lipinski definition) is 0. The molecule has 94 valence electrons. The molecule has 1 aromatic rings. The van der Waals surface area contributed by atoms with Crippen LogP contribution in [0.2, 0.25) is 0 Å². The summed E-state index contributed by atoms with van der Waals surface area (Å²) in [5.41, 5.74) is 0. The Hall–Kier alpha value is -1.24. The largest absolute Gasteiger partial charge is 0.493 e. The molecule has 0 saturated heterocycles. The van der Waals surface area contributed by atoms with Crippen molar-refractivity contribution in [3.8, 4) is 5.75 Å². The molecule has 1 rings (SSSR count). The third-order valence-corrected chi connectivity index (χ3v) is 3.11. The molecule has 0 heterocycles. The monoisotopic (exact) mass is 232 g/mol. The van der Waals surface area contributed by atoms with Crippen LogP contribution in [0.15, 0.2) is 43.0 Å². The summed E-state index contributed by atoms with van der Waals surface area (Å²) in [6.45, 7) is 9.14. The number of ether oxygens (including phenoxy) is 1. The van der Waals surface area contributed by atoms with Crippen molar-refractivity contribution >= 4 is 0 Å². The molecular weight excluding hydrogens is 208 g/mol. The molecule has 1 aromatic carbocycles. The van der Waals surface area contributed by atoms with Gasteiger partial charge in [-0.25, -0.2) is 0 Å². The van der Waals surface area contributed by atoms with Gasteiger partial charge in [-0.1, -0.05) is 44.5 Å². The van der Waals surface area contributed by atoms with Crippen molar-refractivity contribution in [3.63, 3.8) is 0 Å². The first-order chi connectivity index (χ1) is 8.26. The normalized spacial score (nSPS) is 14.0. The zero-order valence-electron chi connectivity index (χ0n) is 11.1. The van der Waals surface area contributed by atoms with Crippen LogP contribution in [-0.4, -0.2) is 6.61 Å². The average Bonchev–Trinajstić information content (AvgIpc) is 2.36. The van der Waals surface area contributed by atoms with E-state index in [1.165, 1.54) is 12.8 Å². The van der Waals surface area contributed by atoms with Gasteiger partial charge < -0.3 is 4.74 Å². The van der Waals surface area contributed by atoms with Crippen molar-refractivity contribution in [1.29, 1.82) is 0 Å². The second-order valence-corrected chi connectivity index (χ2v) is 4.76. The number of hydrogen-bond acceptors (Lipinski definition) is 1. The van der Waals surface area contributed by atoms with Gasteiger partial charge in [0.1, 0.15) is 5.75 Å². The Bertz CT molecular complexity index is 305. The van der Waals surface area contributed by atoms with Crippen molar-refractivity contribution in [3.05, 3.63) is 43.0 Å². The number of allylic oxidation sites excluding steroid dienone is 1. The van der Waals surface area contributed by atoms with Crippen LogP contribution in [0.3, 0.4) is 0 Å². The van der Waals surface area contributed by atoms with Crippen LogP contribution in [-0.2, 0) is 0 Å². The lowest BCUT2D eigenvalue weighted by Crippen LogP contribution is -2.14. The van der Waals surface area contributed by atoms with Crippen molar-refractivity contribution in [2.24, 2.45) is 11.8 Å². The minimum absolute atomic E-state index is 0.644. The molecule has 1 heteroatoms. The lowest BCUT2D eigenvalue weighted by Gasteiger charge is -2.19. The Morgan fingerprint density at radius 2 is 2.00 bits per heavy atom. The molecule has 0 aliphatic heterocycles. The van der Waals surface area contributed by atoms with Gasteiger partial charge in [-0.05, 0) is 36.8 Å². The van der Waals surface area contributed by atoms with E-state index >= 15 is 0 Å². The van der Waals surface area contributed by atoms with E-state index in [-0.39, 0.29) is 0 Å². The predicted octanol–water partition coefficient (Wildman–Crippen LogP) is 4.69. The van der Waals surface area contributed by atoms with E-state index in [4.69, 9.17) is 4.74 Å². The van der Waals surface area contributed by atoms with Gasteiger partial charge in [0, 0.05) is 0 Å². The molecule has 0 radical (unpaired) electrons. The van der Waals surface area contributed by atoms with E-state index in [1.807, 2.05) is 36.4 Å². The topological polar surface area (TPSA) is 9.23 Å². The fourth-order valence-electron chi connectivity index (χ4n) is 2.03. The lowest BCUT2D eigenvalue weighted by molar-refractivity contribution is 0.219. The molecule has 0 N–H and O–H groups in total. The van der Waals surface area contributed by atoms with E-state index in [0.717, 1.165) is 18.8 Å². The van der Waals surface area contributed by atoms with E-state index in [0.29, 0.717) is 11.8 Å². The smallest absolute Gasteiger partial charge is 0.119 e. The standard InChI is InChI=1S/C16H24O/c1-4-9-14(3)12-15(5-2)13-17-16-10-7-6-8-11-16/h4,6-8,10-11,14-15H,1,5,9,12-13H2,2-3H3. The fraction of sp³-hybridized carbons (Fsp3) is 0.500. The van der Waals surface area contributed by atoms with E-state index in [9.17, 15) is 0 Å². The highest BCUT2D eigenvalue weighted by Crippen LogP contribution is 2.20. The average molecular weight is 232 g/mol. The second-order valence-electron chi connectivity index (χ2n) is 4.76. The highest BCUT2D eigenvalue weighted by atomic mass is 16.5. The molecule has 17 heavy (non-hydrogen) atoms. The van der Waals surface area contributed by atoms with E-state index < -0.39 is 0 Å². The molecule has 2 atom stereocenters. The zero-order valence-corrected chi connectivity index (χ0v) is 11.1. The van der Waals surface area contributed by atoms with Gasteiger partial charge in [-0.15, -0.1) is 6.58 Å². The van der Waals surface area contributed by atoms with Crippen molar-refractivity contribution in [2.75, 3.05) is 6.61 Å². The zero-order chi connectivity index (χ0) is 12.5. The van der Waals surface area contributed by atoms with E-state index in [1.54, 1.807) is 0 Å². The summed E-state index contributed by atoms with van der Waals surface area (Å²) in [4.78, 5) is 0. The first kappa shape index (κ1) is 13.8. The first-order valence-corrected chi connectivity index (χ1v) is 6.55. The molecule has 0 amide bonds. The van der Waals surface area contributed by atoms with Gasteiger partial charge in [0.25, 0.3) is 0 Å². The van der Waals surface area contributed by atoms with Crippen LogP contribution in [0.25, 0.3) is 0 Å². The van der Waals surface area contributed by atoms with Gasteiger partial charge in [0.2, 0.25) is 0 Å². The van der Waals surface area contributed by atoms with Crippen molar-refractivity contribution < 1.29 is 4.74 Å². The van der Waals surface area contributed by atoms with Crippen LogP contribution >= 0.6 is 0 Å². The van der Waals surface area contributed by atoms with Gasteiger partial charge >= 0.3 is 0 Å². The van der Waals surface area contributed by atoms with Crippen LogP contribution in [0.1, 0.15) is 33.1 Å². The van der Waals surface area contributed by atoms with Crippen molar-refractivity contribution in [2.45, 2.75) is 33.1 Å². The Kier molecular flexibility index (Phi) is 6.46.